The number of likely N-dealkylation sites (N-methyl/N-ethyl adjacent to an activating group) is 1. The molecule has 0 fully saturated rings. The zero-order valence-electron chi connectivity index (χ0n) is 20.2. The molecule has 2 N–H and O–H groups in total. The van der Waals surface area contributed by atoms with Crippen molar-refractivity contribution in [3.05, 3.63) is 42.0 Å². The highest BCUT2D eigenvalue weighted by Crippen LogP contribution is 2.30. The van der Waals surface area contributed by atoms with Crippen LogP contribution < -0.4 is 20.1 Å². The van der Waals surface area contributed by atoms with E-state index >= 15 is 0 Å². The molecule has 0 bridgehead atoms. The van der Waals surface area contributed by atoms with Crippen LogP contribution in [0.5, 0.6) is 11.5 Å². The molecule has 0 unspecified atom stereocenters. The number of aromatic nitrogens is 1. The smallest absolute Gasteiger partial charge is 0.410 e. The molecule has 0 aliphatic heterocycles. The number of ether oxygens (including phenoxy) is 3. The van der Waals surface area contributed by atoms with Crippen molar-refractivity contribution < 1.29 is 23.8 Å². The highest BCUT2D eigenvalue weighted by atomic mass is 32.1. The SMILES string of the molecule is COc1ccc(NC(=O)c2ccc3nc(NCCN(C)C(=O)OC(C)(C)C)sc3c2)cc1OC. The van der Waals surface area contributed by atoms with Gasteiger partial charge in [-0.2, -0.15) is 0 Å². The lowest BCUT2D eigenvalue weighted by atomic mass is 10.2. The number of anilines is 2. The minimum absolute atomic E-state index is 0.240. The highest BCUT2D eigenvalue weighted by Gasteiger charge is 2.19. The van der Waals surface area contributed by atoms with Crippen molar-refractivity contribution >= 4 is 44.4 Å². The first-order chi connectivity index (χ1) is 16.1. The number of hydrogen-bond acceptors (Lipinski definition) is 8. The third-order valence-electron chi connectivity index (χ3n) is 4.72. The van der Waals surface area contributed by atoms with Gasteiger partial charge in [0.05, 0.1) is 24.4 Å². The second-order valence-electron chi connectivity index (χ2n) is 8.55. The number of carbonyl (C=O) groups is 2. The Labute approximate surface area is 203 Å². The van der Waals surface area contributed by atoms with Gasteiger partial charge in [-0.05, 0) is 51.1 Å². The molecule has 2 amide bonds. The maximum absolute atomic E-state index is 12.8. The molecule has 10 heteroatoms. The van der Waals surface area contributed by atoms with E-state index in [9.17, 15) is 9.59 Å². The van der Waals surface area contributed by atoms with E-state index in [4.69, 9.17) is 14.2 Å². The summed E-state index contributed by atoms with van der Waals surface area (Å²) in [6.45, 7) is 6.48. The molecule has 9 nitrogen and oxygen atoms in total. The molecule has 34 heavy (non-hydrogen) atoms. The van der Waals surface area contributed by atoms with Crippen LogP contribution >= 0.6 is 11.3 Å². The Hall–Kier alpha value is -3.53. The van der Waals surface area contributed by atoms with Crippen LogP contribution in [0.4, 0.5) is 15.6 Å². The number of carbonyl (C=O) groups excluding carboxylic acids is 2. The fourth-order valence-electron chi connectivity index (χ4n) is 3.02. The summed E-state index contributed by atoms with van der Waals surface area (Å²) in [5.41, 5.74) is 1.37. The predicted octanol–water partition coefficient (Wildman–Crippen LogP) is 4.84. The average molecular weight is 487 g/mol. The first-order valence-electron chi connectivity index (χ1n) is 10.7. The average Bonchev–Trinajstić information content (AvgIpc) is 3.19. The molecule has 3 aromatic rings. The van der Waals surface area contributed by atoms with E-state index in [1.165, 1.54) is 16.2 Å². The van der Waals surface area contributed by atoms with Crippen molar-refractivity contribution in [2.75, 3.05) is 45.0 Å². The van der Waals surface area contributed by atoms with Crippen LogP contribution in [0.2, 0.25) is 0 Å². The number of amides is 2. The van der Waals surface area contributed by atoms with Crippen molar-refractivity contribution in [3.8, 4) is 11.5 Å². The molecule has 1 aromatic heterocycles. The third kappa shape index (κ3) is 6.50. The van der Waals surface area contributed by atoms with E-state index in [0.717, 1.165) is 10.2 Å². The molecule has 0 saturated carbocycles. The van der Waals surface area contributed by atoms with Crippen molar-refractivity contribution in [1.29, 1.82) is 0 Å². The van der Waals surface area contributed by atoms with Gasteiger partial charge >= 0.3 is 6.09 Å². The predicted molar refractivity (Wildman–Crippen MR) is 134 cm³/mol. The lowest BCUT2D eigenvalue weighted by Gasteiger charge is -2.24. The van der Waals surface area contributed by atoms with Crippen LogP contribution in [0, 0.1) is 0 Å². The van der Waals surface area contributed by atoms with Crippen LogP contribution in [-0.2, 0) is 4.74 Å². The number of thiazole rings is 1. The zero-order chi connectivity index (χ0) is 24.9. The molecule has 0 atom stereocenters. The Bertz CT molecular complexity index is 1170. The summed E-state index contributed by atoms with van der Waals surface area (Å²) in [6, 6.07) is 10.5. The normalized spacial score (nSPS) is 11.1. The fraction of sp³-hybridized carbons (Fsp3) is 0.375. The van der Waals surface area contributed by atoms with Gasteiger partial charge in [0.25, 0.3) is 5.91 Å². The first kappa shape index (κ1) is 25.1. The Balaban J connectivity index is 1.61. The number of rotatable bonds is 8. The van der Waals surface area contributed by atoms with E-state index < -0.39 is 5.60 Å². The molecule has 0 spiro atoms. The fourth-order valence-corrected chi connectivity index (χ4v) is 3.95. The van der Waals surface area contributed by atoms with Crippen molar-refractivity contribution in [3.63, 3.8) is 0 Å². The number of nitrogens with zero attached hydrogens (tertiary/aromatic N) is 2. The summed E-state index contributed by atoms with van der Waals surface area (Å²) in [5, 5.41) is 6.81. The van der Waals surface area contributed by atoms with Crippen molar-refractivity contribution in [2.45, 2.75) is 26.4 Å². The van der Waals surface area contributed by atoms with Gasteiger partial charge in [-0.15, -0.1) is 0 Å². The molecule has 0 saturated heterocycles. The van der Waals surface area contributed by atoms with Gasteiger partial charge in [-0.1, -0.05) is 11.3 Å². The summed E-state index contributed by atoms with van der Waals surface area (Å²) in [5.74, 6) is 0.881. The lowest BCUT2D eigenvalue weighted by Crippen LogP contribution is -2.36. The molecular formula is C24H30N4O5S. The van der Waals surface area contributed by atoms with Crippen LogP contribution in [0.3, 0.4) is 0 Å². The molecular weight excluding hydrogens is 456 g/mol. The molecule has 2 aromatic carbocycles. The quantitative estimate of drug-likeness (QED) is 0.469. The van der Waals surface area contributed by atoms with E-state index in [1.54, 1.807) is 51.6 Å². The highest BCUT2D eigenvalue weighted by molar-refractivity contribution is 7.22. The van der Waals surface area contributed by atoms with E-state index in [1.807, 2.05) is 26.8 Å². The molecule has 1 heterocycles. The minimum atomic E-state index is -0.532. The largest absolute Gasteiger partial charge is 0.493 e. The molecule has 0 aliphatic rings. The third-order valence-corrected chi connectivity index (χ3v) is 5.70. The Kier molecular flexibility index (Phi) is 7.83. The van der Waals surface area contributed by atoms with Crippen LogP contribution in [-0.4, -0.2) is 61.8 Å². The van der Waals surface area contributed by atoms with Crippen LogP contribution in [0.15, 0.2) is 36.4 Å². The van der Waals surface area contributed by atoms with Gasteiger partial charge in [-0.25, -0.2) is 9.78 Å². The number of fused-ring (bicyclic) bond motifs is 1. The van der Waals surface area contributed by atoms with Gasteiger partial charge in [0.1, 0.15) is 5.60 Å². The summed E-state index contributed by atoms with van der Waals surface area (Å²) in [6.07, 6.45) is -0.372. The summed E-state index contributed by atoms with van der Waals surface area (Å²) in [7, 11) is 4.79. The maximum atomic E-state index is 12.8. The molecule has 3 rings (SSSR count). The van der Waals surface area contributed by atoms with E-state index in [2.05, 4.69) is 15.6 Å². The maximum Gasteiger partial charge on any atom is 0.410 e. The van der Waals surface area contributed by atoms with Gasteiger partial charge in [-0.3, -0.25) is 4.79 Å². The first-order valence-corrected chi connectivity index (χ1v) is 11.5. The number of hydrogen-bond donors (Lipinski definition) is 2. The van der Waals surface area contributed by atoms with Crippen molar-refractivity contribution in [2.24, 2.45) is 0 Å². The van der Waals surface area contributed by atoms with Crippen molar-refractivity contribution in [1.82, 2.24) is 9.88 Å². The Morgan fingerprint density at radius 3 is 2.47 bits per heavy atom. The summed E-state index contributed by atoms with van der Waals surface area (Å²) >= 11 is 1.44. The lowest BCUT2D eigenvalue weighted by molar-refractivity contribution is 0.0305. The topological polar surface area (TPSA) is 102 Å². The number of nitrogens with one attached hydrogen (secondary N) is 2. The monoisotopic (exact) mass is 486 g/mol. The standard InChI is InChI=1S/C24H30N4O5S/c1-24(2,3)33-23(30)28(4)12-11-25-22-27-17-9-7-15(13-20(17)34-22)21(29)26-16-8-10-18(31-5)19(14-16)32-6/h7-10,13-14H,11-12H2,1-6H3,(H,25,27)(H,26,29). The second kappa shape index (κ2) is 10.6. The van der Waals surface area contributed by atoms with Gasteiger partial charge in [0.2, 0.25) is 0 Å². The van der Waals surface area contributed by atoms with Gasteiger partial charge < -0.3 is 29.7 Å². The zero-order valence-corrected chi connectivity index (χ0v) is 21.0. The molecule has 0 radical (unpaired) electrons. The van der Waals surface area contributed by atoms with E-state index in [-0.39, 0.29) is 12.0 Å². The second-order valence-corrected chi connectivity index (χ2v) is 9.58. The molecule has 0 aliphatic carbocycles. The summed E-state index contributed by atoms with van der Waals surface area (Å²) < 4.78 is 16.7. The number of methoxy groups -OCH3 is 2. The molecule has 182 valence electrons. The van der Waals surface area contributed by atoms with Crippen LogP contribution in [0.1, 0.15) is 31.1 Å². The van der Waals surface area contributed by atoms with Crippen LogP contribution in [0.25, 0.3) is 10.2 Å². The summed E-state index contributed by atoms with van der Waals surface area (Å²) in [4.78, 5) is 30.9. The minimum Gasteiger partial charge on any atom is -0.493 e. The number of benzene rings is 2. The Morgan fingerprint density at radius 1 is 1.06 bits per heavy atom. The van der Waals surface area contributed by atoms with Gasteiger partial charge in [0.15, 0.2) is 16.6 Å². The van der Waals surface area contributed by atoms with Gasteiger partial charge in [0, 0.05) is 37.5 Å². The Morgan fingerprint density at radius 2 is 1.79 bits per heavy atom. The van der Waals surface area contributed by atoms with E-state index in [0.29, 0.717) is 41.0 Å².